The Morgan fingerprint density at radius 1 is 1.24 bits per heavy atom. The van der Waals surface area contributed by atoms with Crippen molar-refractivity contribution in [2.75, 3.05) is 25.2 Å². The Morgan fingerprint density at radius 2 is 1.95 bits per heavy atom. The summed E-state index contributed by atoms with van der Waals surface area (Å²) in [6.45, 7) is 4.64. The summed E-state index contributed by atoms with van der Waals surface area (Å²) in [5.74, 6) is 1.39. The molecular weight excluding hydrogens is 286 g/mol. The number of likely N-dealkylation sites (N-methyl/N-ethyl adjacent to an activating group) is 1. The highest BCUT2D eigenvalue weighted by Crippen LogP contribution is 2.20. The molecule has 0 saturated heterocycles. The van der Waals surface area contributed by atoms with Crippen LogP contribution in [-0.2, 0) is 16.3 Å². The average molecular weight is 313 g/mol. The van der Waals surface area contributed by atoms with Crippen LogP contribution >= 0.6 is 0 Å². The van der Waals surface area contributed by atoms with Crippen LogP contribution in [-0.4, -0.2) is 39.6 Å². The number of hydrogen-bond acceptors (Lipinski definition) is 4. The van der Waals surface area contributed by atoms with Crippen LogP contribution in [0, 0.1) is 0 Å². The highest BCUT2D eigenvalue weighted by atomic mass is 32.2. The molecule has 5 heteroatoms. The molecule has 21 heavy (non-hydrogen) atoms. The Balaban J connectivity index is 2.61. The summed E-state index contributed by atoms with van der Waals surface area (Å²) in [4.78, 5) is 0. The van der Waals surface area contributed by atoms with Crippen molar-refractivity contribution in [1.29, 1.82) is 0 Å². The molecule has 0 heterocycles. The molecule has 0 radical (unpaired) electrons. The predicted octanol–water partition coefficient (Wildman–Crippen LogP) is 2.43. The number of nitrogens with one attached hydrogen (secondary N) is 1. The maximum Gasteiger partial charge on any atom is 0.150 e. The van der Waals surface area contributed by atoms with Crippen LogP contribution in [0.15, 0.2) is 24.3 Å². The summed E-state index contributed by atoms with van der Waals surface area (Å²) in [5, 5.41) is 3.44. The van der Waals surface area contributed by atoms with E-state index in [1.807, 2.05) is 18.2 Å². The molecule has 0 spiro atoms. The van der Waals surface area contributed by atoms with Crippen molar-refractivity contribution in [3.63, 3.8) is 0 Å². The van der Waals surface area contributed by atoms with E-state index < -0.39 is 9.84 Å². The molecule has 0 aliphatic heterocycles. The van der Waals surface area contributed by atoms with Crippen LogP contribution in [0.5, 0.6) is 5.75 Å². The second kappa shape index (κ2) is 9.05. The third-order valence-electron chi connectivity index (χ3n) is 3.60. The summed E-state index contributed by atoms with van der Waals surface area (Å²) in [5.41, 5.74) is 1.16. The first-order valence-corrected chi connectivity index (χ1v) is 9.40. The lowest BCUT2D eigenvalue weighted by Gasteiger charge is -2.19. The summed E-state index contributed by atoms with van der Waals surface area (Å²) in [6.07, 6.45) is 2.40. The first kappa shape index (κ1) is 18.0. The summed E-state index contributed by atoms with van der Waals surface area (Å²) in [6, 6.07) is 8.26. The zero-order valence-corrected chi connectivity index (χ0v) is 14.1. The molecule has 1 unspecified atom stereocenters. The molecule has 1 aromatic carbocycles. The molecule has 0 bridgehead atoms. The van der Waals surface area contributed by atoms with Gasteiger partial charge in [-0.1, -0.05) is 32.0 Å². The fourth-order valence-corrected chi connectivity index (χ4v) is 3.29. The molecule has 1 N–H and O–H groups in total. The molecule has 1 aromatic rings. The molecule has 0 aromatic heterocycles. The SMILES string of the molecule is CCNC(CCCS(=O)(=O)CC)Cc1ccccc1OC. The second-order valence-electron chi connectivity index (χ2n) is 5.15. The fourth-order valence-electron chi connectivity index (χ4n) is 2.40. The number of hydrogen-bond donors (Lipinski definition) is 1. The molecular formula is C16H27NO3S. The van der Waals surface area contributed by atoms with Crippen LogP contribution < -0.4 is 10.1 Å². The summed E-state index contributed by atoms with van der Waals surface area (Å²) < 4.78 is 28.5. The van der Waals surface area contributed by atoms with Gasteiger partial charge in [0.1, 0.15) is 15.6 Å². The van der Waals surface area contributed by atoms with Crippen molar-refractivity contribution >= 4 is 9.84 Å². The average Bonchev–Trinajstić information content (AvgIpc) is 2.48. The monoisotopic (exact) mass is 313 g/mol. The van der Waals surface area contributed by atoms with Gasteiger partial charge in [-0.2, -0.15) is 0 Å². The molecule has 4 nitrogen and oxygen atoms in total. The first-order chi connectivity index (χ1) is 10.0. The molecule has 1 rings (SSSR count). The largest absolute Gasteiger partial charge is 0.496 e. The van der Waals surface area contributed by atoms with Gasteiger partial charge in [0.05, 0.1) is 12.9 Å². The van der Waals surface area contributed by atoms with Gasteiger partial charge in [0.2, 0.25) is 0 Å². The van der Waals surface area contributed by atoms with E-state index >= 15 is 0 Å². The lowest BCUT2D eigenvalue weighted by atomic mass is 10.0. The lowest BCUT2D eigenvalue weighted by Crippen LogP contribution is -2.31. The quantitative estimate of drug-likeness (QED) is 0.721. The lowest BCUT2D eigenvalue weighted by molar-refractivity contribution is 0.402. The minimum absolute atomic E-state index is 0.228. The molecule has 0 saturated carbocycles. The number of ether oxygens (including phenoxy) is 1. The zero-order valence-electron chi connectivity index (χ0n) is 13.3. The first-order valence-electron chi connectivity index (χ1n) is 7.58. The van der Waals surface area contributed by atoms with Crippen LogP contribution in [0.2, 0.25) is 0 Å². The highest BCUT2D eigenvalue weighted by Gasteiger charge is 2.14. The van der Waals surface area contributed by atoms with Crippen molar-refractivity contribution in [3.05, 3.63) is 29.8 Å². The number of benzene rings is 1. The number of rotatable bonds is 10. The predicted molar refractivity (Wildman–Crippen MR) is 87.7 cm³/mol. The van der Waals surface area contributed by atoms with E-state index in [0.29, 0.717) is 6.42 Å². The number of methoxy groups -OCH3 is 1. The number of para-hydroxylation sites is 1. The molecule has 0 aliphatic rings. The van der Waals surface area contributed by atoms with Gasteiger partial charge < -0.3 is 10.1 Å². The van der Waals surface area contributed by atoms with Gasteiger partial charge in [-0.3, -0.25) is 0 Å². The van der Waals surface area contributed by atoms with Crippen molar-refractivity contribution in [2.45, 2.75) is 39.2 Å². The maximum absolute atomic E-state index is 11.6. The Hall–Kier alpha value is -1.07. The Morgan fingerprint density at radius 3 is 2.57 bits per heavy atom. The maximum atomic E-state index is 11.6. The Labute approximate surface area is 128 Å². The Kier molecular flexibility index (Phi) is 7.75. The van der Waals surface area contributed by atoms with Gasteiger partial charge >= 0.3 is 0 Å². The normalized spacial score (nSPS) is 13.1. The van der Waals surface area contributed by atoms with Gasteiger partial charge in [-0.25, -0.2) is 8.42 Å². The Bertz CT molecular complexity index is 514. The zero-order chi connectivity index (χ0) is 15.7. The van der Waals surface area contributed by atoms with E-state index in [2.05, 4.69) is 18.3 Å². The van der Waals surface area contributed by atoms with Crippen molar-refractivity contribution in [2.24, 2.45) is 0 Å². The van der Waals surface area contributed by atoms with Gasteiger partial charge in [0, 0.05) is 11.8 Å². The van der Waals surface area contributed by atoms with Crippen molar-refractivity contribution < 1.29 is 13.2 Å². The summed E-state index contributed by atoms with van der Waals surface area (Å²) >= 11 is 0. The molecule has 120 valence electrons. The van der Waals surface area contributed by atoms with Crippen molar-refractivity contribution in [1.82, 2.24) is 5.32 Å². The standard InChI is InChI=1S/C16H27NO3S/c1-4-17-15(10-8-12-21(18,19)5-2)13-14-9-6-7-11-16(14)20-3/h6-7,9,11,15,17H,4-5,8,10,12-13H2,1-3H3. The van der Waals surface area contributed by atoms with Gasteiger partial charge in [0.25, 0.3) is 0 Å². The van der Waals surface area contributed by atoms with Gasteiger partial charge in [-0.05, 0) is 37.4 Å². The minimum Gasteiger partial charge on any atom is -0.496 e. The van der Waals surface area contributed by atoms with Crippen LogP contribution in [0.4, 0.5) is 0 Å². The van der Waals surface area contributed by atoms with E-state index in [9.17, 15) is 8.42 Å². The van der Waals surface area contributed by atoms with E-state index in [1.54, 1.807) is 14.0 Å². The molecule has 1 atom stereocenters. The third kappa shape index (κ3) is 6.48. The molecule has 0 fully saturated rings. The smallest absolute Gasteiger partial charge is 0.150 e. The number of sulfone groups is 1. The highest BCUT2D eigenvalue weighted by molar-refractivity contribution is 7.91. The molecule has 0 amide bonds. The van der Waals surface area contributed by atoms with E-state index in [4.69, 9.17) is 4.74 Å². The van der Waals surface area contributed by atoms with Crippen LogP contribution in [0.1, 0.15) is 32.3 Å². The van der Waals surface area contributed by atoms with E-state index in [1.165, 1.54) is 0 Å². The summed E-state index contributed by atoms with van der Waals surface area (Å²) in [7, 11) is -1.19. The minimum atomic E-state index is -2.87. The van der Waals surface area contributed by atoms with Gasteiger partial charge in [-0.15, -0.1) is 0 Å². The second-order valence-corrected chi connectivity index (χ2v) is 7.62. The fraction of sp³-hybridized carbons (Fsp3) is 0.625. The van der Waals surface area contributed by atoms with E-state index in [0.717, 1.165) is 30.7 Å². The topological polar surface area (TPSA) is 55.4 Å². The van der Waals surface area contributed by atoms with Crippen LogP contribution in [0.3, 0.4) is 0 Å². The van der Waals surface area contributed by atoms with Crippen LogP contribution in [0.25, 0.3) is 0 Å². The van der Waals surface area contributed by atoms with E-state index in [-0.39, 0.29) is 17.5 Å². The molecule has 0 aliphatic carbocycles. The third-order valence-corrected chi connectivity index (χ3v) is 5.39. The van der Waals surface area contributed by atoms with Gasteiger partial charge in [0.15, 0.2) is 0 Å². The van der Waals surface area contributed by atoms with Crippen molar-refractivity contribution in [3.8, 4) is 5.75 Å².